The molecule has 0 aromatic heterocycles. The Morgan fingerprint density at radius 3 is 2.12 bits per heavy atom. The molecule has 3 aromatic carbocycles. The molecule has 0 spiro atoms. The van der Waals surface area contributed by atoms with E-state index in [1.807, 2.05) is 18.2 Å². The van der Waals surface area contributed by atoms with Gasteiger partial charge in [-0.25, -0.2) is 8.42 Å². The molecule has 0 radical (unpaired) electrons. The minimum Gasteiger partial charge on any atom is -0.352 e. The summed E-state index contributed by atoms with van der Waals surface area (Å²) in [5.41, 5.74) is 2.09. The van der Waals surface area contributed by atoms with E-state index in [1.165, 1.54) is 17.0 Å². The maximum atomic E-state index is 14.1. The first kappa shape index (κ1) is 31.6. The van der Waals surface area contributed by atoms with Gasteiger partial charge in [-0.15, -0.1) is 0 Å². The maximum Gasteiger partial charge on any atom is 0.264 e. The summed E-state index contributed by atoms with van der Waals surface area (Å²) in [7, 11) is -4.11. The van der Waals surface area contributed by atoms with Crippen molar-refractivity contribution < 1.29 is 18.0 Å². The monoisotopic (exact) mass is 609 g/mol. The van der Waals surface area contributed by atoms with Gasteiger partial charge in [0.25, 0.3) is 10.0 Å². The highest BCUT2D eigenvalue weighted by Gasteiger charge is 2.33. The number of halogens is 1. The van der Waals surface area contributed by atoms with Crippen molar-refractivity contribution >= 4 is 39.1 Å². The lowest BCUT2D eigenvalue weighted by Gasteiger charge is -2.33. The Morgan fingerprint density at radius 1 is 0.881 bits per heavy atom. The van der Waals surface area contributed by atoms with Gasteiger partial charge < -0.3 is 10.2 Å². The molecule has 7 nitrogen and oxygen atoms in total. The van der Waals surface area contributed by atoms with E-state index in [2.05, 4.69) is 19.2 Å². The zero-order chi connectivity index (χ0) is 30.3. The Morgan fingerprint density at radius 2 is 1.50 bits per heavy atom. The summed E-state index contributed by atoms with van der Waals surface area (Å²) in [4.78, 5) is 29.1. The van der Waals surface area contributed by atoms with Crippen LogP contribution in [0.15, 0.2) is 83.8 Å². The van der Waals surface area contributed by atoms with Crippen LogP contribution < -0.4 is 9.62 Å². The Kier molecular flexibility index (Phi) is 10.7. The molecule has 4 rings (SSSR count). The van der Waals surface area contributed by atoms with Crippen LogP contribution in [0.1, 0.15) is 69.9 Å². The van der Waals surface area contributed by atoms with Gasteiger partial charge in [0.15, 0.2) is 0 Å². The summed E-state index contributed by atoms with van der Waals surface area (Å²) in [5.74, 6) is -0.510. The highest BCUT2D eigenvalue weighted by Crippen LogP contribution is 2.27. The predicted octanol–water partition coefficient (Wildman–Crippen LogP) is 6.52. The van der Waals surface area contributed by atoms with E-state index in [4.69, 9.17) is 11.6 Å². The number of carbonyl (C=O) groups is 2. The Balaban J connectivity index is 1.68. The van der Waals surface area contributed by atoms with Crippen LogP contribution in [0.5, 0.6) is 0 Å². The second-order valence-electron chi connectivity index (χ2n) is 11.2. The van der Waals surface area contributed by atoms with E-state index >= 15 is 0 Å². The van der Waals surface area contributed by atoms with Crippen molar-refractivity contribution in [2.24, 2.45) is 0 Å². The van der Waals surface area contributed by atoms with Crippen LogP contribution in [0, 0.1) is 0 Å². The van der Waals surface area contributed by atoms with Crippen LogP contribution in [0.4, 0.5) is 5.69 Å². The third-order valence-corrected chi connectivity index (χ3v) is 10.0. The van der Waals surface area contributed by atoms with Gasteiger partial charge in [-0.05, 0) is 67.1 Å². The molecule has 1 aliphatic carbocycles. The standard InChI is InChI=1S/C33H40ClN3O4S/c1-24(2)26-18-20-29(21-19-26)37(42(40,41)30-15-8-5-9-16-30)23-32(38)36(22-27-12-10-11-17-31(27)34)25(3)33(39)35-28-13-6-4-7-14-28/h5,8-12,15-21,24-25,28H,4,6-7,13-14,22-23H2,1-3H3,(H,35,39). The minimum atomic E-state index is -4.11. The minimum absolute atomic E-state index is 0.0588. The molecule has 0 bridgehead atoms. The normalized spacial score (nSPS) is 14.8. The maximum absolute atomic E-state index is 14.1. The third-order valence-electron chi connectivity index (χ3n) is 7.88. The molecule has 42 heavy (non-hydrogen) atoms. The Hall–Kier alpha value is -3.36. The zero-order valence-electron chi connectivity index (χ0n) is 24.5. The first-order valence-electron chi connectivity index (χ1n) is 14.6. The largest absolute Gasteiger partial charge is 0.352 e. The summed E-state index contributed by atoms with van der Waals surface area (Å²) in [5, 5.41) is 3.58. The van der Waals surface area contributed by atoms with Crippen molar-refractivity contribution in [2.75, 3.05) is 10.8 Å². The fourth-order valence-electron chi connectivity index (χ4n) is 5.24. The van der Waals surface area contributed by atoms with E-state index in [0.29, 0.717) is 16.3 Å². The molecule has 0 heterocycles. The number of hydrogen-bond donors (Lipinski definition) is 1. The number of amides is 2. The molecule has 3 aromatic rings. The Bertz CT molecular complexity index is 1460. The molecule has 9 heteroatoms. The summed E-state index contributed by atoms with van der Waals surface area (Å²) in [6.45, 7) is 5.38. The van der Waals surface area contributed by atoms with Gasteiger partial charge in [0.1, 0.15) is 12.6 Å². The SMILES string of the molecule is CC(C)c1ccc(N(CC(=O)N(Cc2ccccc2Cl)C(C)C(=O)NC2CCCCC2)S(=O)(=O)c2ccccc2)cc1. The fraction of sp³-hybridized carbons (Fsp3) is 0.394. The highest BCUT2D eigenvalue weighted by atomic mass is 35.5. The van der Waals surface area contributed by atoms with Crippen LogP contribution in [-0.4, -0.2) is 43.8 Å². The first-order chi connectivity index (χ1) is 20.1. The van der Waals surface area contributed by atoms with Crippen molar-refractivity contribution in [3.05, 3.63) is 95.0 Å². The molecule has 1 aliphatic rings. The van der Waals surface area contributed by atoms with Gasteiger partial charge in [-0.2, -0.15) is 0 Å². The van der Waals surface area contributed by atoms with E-state index in [9.17, 15) is 18.0 Å². The number of nitrogens with one attached hydrogen (secondary N) is 1. The van der Waals surface area contributed by atoms with Crippen LogP contribution in [0.3, 0.4) is 0 Å². The van der Waals surface area contributed by atoms with Gasteiger partial charge in [-0.3, -0.25) is 13.9 Å². The van der Waals surface area contributed by atoms with E-state index in [0.717, 1.165) is 42.0 Å². The van der Waals surface area contributed by atoms with E-state index in [-0.39, 0.29) is 29.3 Å². The molecular weight excluding hydrogens is 570 g/mol. The number of anilines is 1. The fourth-order valence-corrected chi connectivity index (χ4v) is 6.87. The van der Waals surface area contributed by atoms with Crippen molar-refractivity contribution in [3.8, 4) is 0 Å². The van der Waals surface area contributed by atoms with Crippen molar-refractivity contribution in [1.82, 2.24) is 10.2 Å². The number of rotatable bonds is 11. The molecule has 1 fully saturated rings. The molecule has 1 atom stereocenters. The second kappa shape index (κ2) is 14.2. The lowest BCUT2D eigenvalue weighted by atomic mass is 9.95. The average molecular weight is 610 g/mol. The van der Waals surface area contributed by atoms with Crippen molar-refractivity contribution in [1.29, 1.82) is 0 Å². The number of carbonyl (C=O) groups excluding carboxylic acids is 2. The van der Waals surface area contributed by atoms with Crippen LogP contribution >= 0.6 is 11.6 Å². The zero-order valence-corrected chi connectivity index (χ0v) is 26.1. The molecule has 1 N–H and O–H groups in total. The van der Waals surface area contributed by atoms with Gasteiger partial charge in [-0.1, -0.05) is 93.2 Å². The third kappa shape index (κ3) is 7.72. The molecule has 1 saturated carbocycles. The topological polar surface area (TPSA) is 86.8 Å². The number of hydrogen-bond acceptors (Lipinski definition) is 4. The van der Waals surface area contributed by atoms with E-state index in [1.54, 1.807) is 55.5 Å². The molecular formula is C33H40ClN3O4S. The van der Waals surface area contributed by atoms with E-state index < -0.39 is 28.5 Å². The summed E-state index contributed by atoms with van der Waals surface area (Å²) in [6, 6.07) is 21.6. The molecule has 0 saturated heterocycles. The lowest BCUT2D eigenvalue weighted by Crippen LogP contribution is -2.53. The van der Waals surface area contributed by atoms with Gasteiger partial charge in [0.05, 0.1) is 10.6 Å². The Labute approximate surface area is 254 Å². The molecule has 224 valence electrons. The summed E-state index contributed by atoms with van der Waals surface area (Å²) >= 11 is 6.46. The number of sulfonamides is 1. The van der Waals surface area contributed by atoms with Crippen LogP contribution in [0.2, 0.25) is 5.02 Å². The van der Waals surface area contributed by atoms with Crippen molar-refractivity contribution in [2.45, 2.75) is 82.3 Å². The van der Waals surface area contributed by atoms with Gasteiger partial charge >= 0.3 is 0 Å². The predicted molar refractivity (Wildman–Crippen MR) is 168 cm³/mol. The van der Waals surface area contributed by atoms with Crippen LogP contribution in [-0.2, 0) is 26.2 Å². The highest BCUT2D eigenvalue weighted by molar-refractivity contribution is 7.92. The first-order valence-corrected chi connectivity index (χ1v) is 16.4. The van der Waals surface area contributed by atoms with Crippen molar-refractivity contribution in [3.63, 3.8) is 0 Å². The lowest BCUT2D eigenvalue weighted by molar-refractivity contribution is -0.139. The molecule has 1 unspecified atom stereocenters. The number of nitrogens with zero attached hydrogens (tertiary/aromatic N) is 2. The number of benzene rings is 3. The molecule has 0 aliphatic heterocycles. The smallest absolute Gasteiger partial charge is 0.264 e. The van der Waals surface area contributed by atoms with Gasteiger partial charge in [0, 0.05) is 17.6 Å². The second-order valence-corrected chi connectivity index (χ2v) is 13.5. The quantitative estimate of drug-likeness (QED) is 0.268. The molecule has 2 amide bonds. The average Bonchev–Trinajstić information content (AvgIpc) is 3.00. The van der Waals surface area contributed by atoms with Gasteiger partial charge in [0.2, 0.25) is 11.8 Å². The summed E-state index contributed by atoms with van der Waals surface area (Å²) < 4.78 is 29.0. The summed E-state index contributed by atoms with van der Waals surface area (Å²) in [6.07, 6.45) is 5.09. The van der Waals surface area contributed by atoms with Crippen LogP contribution in [0.25, 0.3) is 0 Å².